The second-order valence-electron chi connectivity index (χ2n) is 11.9. The highest BCUT2D eigenvalue weighted by Gasteiger charge is 2.21. The molecule has 5 aromatic rings. The number of fused-ring (bicyclic) bond motifs is 1. The lowest BCUT2D eigenvalue weighted by Crippen LogP contribution is -2.41. The van der Waals surface area contributed by atoms with E-state index in [9.17, 15) is 18.4 Å². The van der Waals surface area contributed by atoms with Crippen LogP contribution in [-0.2, 0) is 6.54 Å². The van der Waals surface area contributed by atoms with Crippen molar-refractivity contribution in [2.75, 3.05) is 43.9 Å². The summed E-state index contributed by atoms with van der Waals surface area (Å²) in [6.45, 7) is 2.35. The lowest BCUT2D eigenvalue weighted by Gasteiger charge is -2.36. The van der Waals surface area contributed by atoms with Crippen molar-refractivity contribution in [1.82, 2.24) is 29.7 Å². The number of nitrogens with one attached hydrogen (secondary N) is 2. The van der Waals surface area contributed by atoms with Gasteiger partial charge in [0.05, 0.1) is 18.4 Å². The minimum atomic E-state index is -1.02. The zero-order valence-corrected chi connectivity index (χ0v) is 26.7. The highest BCUT2D eigenvalue weighted by Crippen LogP contribution is 2.25. The highest BCUT2D eigenvalue weighted by molar-refractivity contribution is 5.93. The van der Waals surface area contributed by atoms with Crippen molar-refractivity contribution >= 4 is 40.2 Å². The predicted molar refractivity (Wildman–Crippen MR) is 184 cm³/mol. The Morgan fingerprint density at radius 1 is 1.02 bits per heavy atom. The third kappa shape index (κ3) is 7.72. The molecule has 1 fully saturated rings. The number of amides is 1. The molecule has 1 aliphatic rings. The minimum absolute atomic E-state index is 0.0585. The molecule has 48 heavy (non-hydrogen) atoms. The van der Waals surface area contributed by atoms with Gasteiger partial charge < -0.3 is 20.4 Å². The number of likely N-dealkylation sites (tertiary alicyclic amines) is 1. The van der Waals surface area contributed by atoms with Crippen LogP contribution in [0.25, 0.3) is 17.0 Å². The number of carbonyl (C=O) groups excluding carboxylic acids is 1. The van der Waals surface area contributed by atoms with Crippen LogP contribution in [0.5, 0.6) is 0 Å². The average molecular weight is 651 g/mol. The summed E-state index contributed by atoms with van der Waals surface area (Å²) in [4.78, 5) is 43.4. The van der Waals surface area contributed by atoms with Crippen molar-refractivity contribution < 1.29 is 13.6 Å². The molecule has 2 N–H and O–H groups in total. The molecule has 12 heteroatoms. The Hall–Kier alpha value is -5.49. The summed E-state index contributed by atoms with van der Waals surface area (Å²) in [5.41, 5.74) is 3.39. The maximum atomic E-state index is 13.6. The molecule has 0 aliphatic carbocycles. The van der Waals surface area contributed by atoms with Crippen molar-refractivity contribution in [3.05, 3.63) is 124 Å². The van der Waals surface area contributed by atoms with Gasteiger partial charge >= 0.3 is 0 Å². The molecule has 1 amide bonds. The first-order chi connectivity index (χ1) is 23.2. The monoisotopic (exact) mass is 650 g/mol. The number of nitrogens with zero attached hydrogens (tertiary/aromatic N) is 6. The SMILES string of the molecule is CN1CCC(N(C)c2ccc(Nc3ncc4cc(/C=C/CNC(=O)c5cncn(Cc6ccc(F)c(F)c6)c5=O)ccc4n3)cc2)CC1. The van der Waals surface area contributed by atoms with Crippen molar-refractivity contribution in [1.29, 1.82) is 0 Å². The van der Waals surface area contributed by atoms with Gasteiger partial charge in [0, 0.05) is 48.8 Å². The fourth-order valence-corrected chi connectivity index (χ4v) is 5.71. The fraction of sp³-hybridized carbons (Fsp3) is 0.250. The maximum absolute atomic E-state index is 13.6. The van der Waals surface area contributed by atoms with E-state index in [0.717, 1.165) is 60.2 Å². The van der Waals surface area contributed by atoms with Crippen LogP contribution in [-0.4, -0.2) is 70.1 Å². The number of rotatable bonds is 10. The molecule has 6 rings (SSSR count). The third-order valence-corrected chi connectivity index (χ3v) is 8.54. The summed E-state index contributed by atoms with van der Waals surface area (Å²) in [5.74, 6) is -2.09. The van der Waals surface area contributed by atoms with E-state index in [1.807, 2.05) is 36.4 Å². The predicted octanol–water partition coefficient (Wildman–Crippen LogP) is 5.23. The van der Waals surface area contributed by atoms with Gasteiger partial charge in [0.25, 0.3) is 11.5 Å². The van der Waals surface area contributed by atoms with Crippen LogP contribution in [0.15, 0.2) is 90.3 Å². The number of halogens is 2. The molecule has 0 spiro atoms. The number of carbonyl (C=O) groups is 1. The van der Waals surface area contributed by atoms with Gasteiger partial charge in [-0.25, -0.2) is 23.7 Å². The highest BCUT2D eigenvalue weighted by atomic mass is 19.2. The van der Waals surface area contributed by atoms with Gasteiger partial charge in [-0.15, -0.1) is 0 Å². The summed E-state index contributed by atoms with van der Waals surface area (Å²) in [6.07, 6.45) is 10.1. The van der Waals surface area contributed by atoms with Crippen molar-refractivity contribution in [3.63, 3.8) is 0 Å². The molecular weight excluding hydrogens is 614 g/mol. The topological polar surface area (TPSA) is 108 Å². The Morgan fingerprint density at radius 3 is 2.58 bits per heavy atom. The molecule has 3 heterocycles. The Morgan fingerprint density at radius 2 is 1.81 bits per heavy atom. The lowest BCUT2D eigenvalue weighted by molar-refractivity contribution is 0.0955. The van der Waals surface area contributed by atoms with Gasteiger partial charge in [-0.3, -0.25) is 14.2 Å². The third-order valence-electron chi connectivity index (χ3n) is 8.54. The number of hydrogen-bond donors (Lipinski definition) is 2. The van der Waals surface area contributed by atoms with Crippen LogP contribution < -0.4 is 21.1 Å². The van der Waals surface area contributed by atoms with E-state index in [4.69, 9.17) is 0 Å². The molecule has 0 atom stereocenters. The zero-order chi connectivity index (χ0) is 33.6. The van der Waals surface area contributed by atoms with E-state index in [2.05, 4.69) is 61.6 Å². The minimum Gasteiger partial charge on any atom is -0.372 e. The molecule has 0 unspecified atom stereocenters. The van der Waals surface area contributed by atoms with Crippen molar-refractivity contribution in [2.45, 2.75) is 25.4 Å². The van der Waals surface area contributed by atoms with Crippen LogP contribution in [0.1, 0.15) is 34.3 Å². The number of hydrogen-bond acceptors (Lipinski definition) is 8. The summed E-state index contributed by atoms with van der Waals surface area (Å²) >= 11 is 0. The van der Waals surface area contributed by atoms with Crippen LogP contribution >= 0.6 is 0 Å². The molecular formula is C36H36F2N8O2. The molecule has 0 saturated carbocycles. The summed E-state index contributed by atoms with van der Waals surface area (Å²) in [7, 11) is 4.34. The quantitative estimate of drug-likeness (QED) is 0.212. The van der Waals surface area contributed by atoms with E-state index in [0.29, 0.717) is 17.6 Å². The van der Waals surface area contributed by atoms with Crippen LogP contribution in [0.2, 0.25) is 0 Å². The smallest absolute Gasteiger partial charge is 0.266 e. The number of piperidine rings is 1. The van der Waals surface area contributed by atoms with E-state index < -0.39 is 23.1 Å². The van der Waals surface area contributed by atoms with Gasteiger partial charge in [-0.2, -0.15) is 0 Å². The number of aromatic nitrogens is 4. The molecule has 1 saturated heterocycles. The normalized spacial score (nSPS) is 14.0. The van der Waals surface area contributed by atoms with Gasteiger partial charge in [0.1, 0.15) is 5.56 Å². The molecule has 1 aliphatic heterocycles. The van der Waals surface area contributed by atoms with E-state index in [1.54, 1.807) is 12.3 Å². The number of anilines is 3. The average Bonchev–Trinajstić information content (AvgIpc) is 3.09. The maximum Gasteiger partial charge on any atom is 0.266 e. The van der Waals surface area contributed by atoms with Crippen LogP contribution in [0.4, 0.5) is 26.1 Å². The van der Waals surface area contributed by atoms with E-state index >= 15 is 0 Å². The molecule has 3 aromatic carbocycles. The Balaban J connectivity index is 1.03. The van der Waals surface area contributed by atoms with Gasteiger partial charge in [0.2, 0.25) is 5.95 Å². The van der Waals surface area contributed by atoms with Crippen molar-refractivity contribution in [2.24, 2.45) is 0 Å². The Kier molecular flexibility index (Phi) is 9.81. The second kappa shape index (κ2) is 14.5. The molecule has 0 bridgehead atoms. The molecule has 0 radical (unpaired) electrons. The van der Waals surface area contributed by atoms with E-state index in [1.165, 1.54) is 28.8 Å². The molecule has 10 nitrogen and oxygen atoms in total. The Bertz CT molecular complexity index is 2010. The fourth-order valence-electron chi connectivity index (χ4n) is 5.71. The first-order valence-corrected chi connectivity index (χ1v) is 15.7. The van der Waals surface area contributed by atoms with Crippen molar-refractivity contribution in [3.8, 4) is 0 Å². The lowest BCUT2D eigenvalue weighted by atomic mass is 10.0. The summed E-state index contributed by atoms with van der Waals surface area (Å²) in [6, 6.07) is 18.0. The first-order valence-electron chi connectivity index (χ1n) is 15.7. The van der Waals surface area contributed by atoms with Gasteiger partial charge in [0.15, 0.2) is 11.6 Å². The first kappa shape index (κ1) is 32.5. The number of benzene rings is 3. The summed E-state index contributed by atoms with van der Waals surface area (Å²) < 4.78 is 28.0. The van der Waals surface area contributed by atoms with E-state index in [-0.39, 0.29) is 18.7 Å². The van der Waals surface area contributed by atoms with Crippen LogP contribution in [0.3, 0.4) is 0 Å². The largest absolute Gasteiger partial charge is 0.372 e. The summed E-state index contributed by atoms with van der Waals surface area (Å²) in [5, 5.41) is 6.84. The second-order valence-corrected chi connectivity index (χ2v) is 11.9. The molecule has 246 valence electrons. The zero-order valence-electron chi connectivity index (χ0n) is 26.7. The molecule has 2 aromatic heterocycles. The van der Waals surface area contributed by atoms with Gasteiger partial charge in [-0.1, -0.05) is 24.3 Å². The Labute approximate surface area is 276 Å². The standard InChI is InChI=1S/C36H36F2N8O2/c1-44-16-13-29(14-17-44)45(2)28-9-7-27(8-10-28)42-36-41-20-26-18-24(6-12-33(26)43-36)4-3-15-40-34(47)30-21-39-23-46(35(30)48)22-25-5-11-31(37)32(38)19-25/h3-12,18-21,23,29H,13-17,22H2,1-2H3,(H,40,47)(H,41,42,43)/b4-3+. The van der Waals surface area contributed by atoms with Crippen LogP contribution in [0, 0.1) is 11.6 Å². The van der Waals surface area contributed by atoms with Gasteiger partial charge in [-0.05, 0) is 92.6 Å².